The first-order valence-corrected chi connectivity index (χ1v) is 7.68. The number of pyridine rings is 2. The Labute approximate surface area is 145 Å². The number of hydrogen-bond donors (Lipinski definition) is 2. The Balaban J connectivity index is 1.59. The molecule has 2 aromatic rings. The first-order valence-electron chi connectivity index (χ1n) is 7.68. The highest BCUT2D eigenvalue weighted by molar-refractivity contribution is 5.83. The molecule has 128 valence electrons. The smallest absolute Gasteiger partial charge is 0.240 e. The van der Waals surface area contributed by atoms with E-state index in [9.17, 15) is 9.59 Å². The molecule has 8 heteroatoms. The van der Waals surface area contributed by atoms with Crippen molar-refractivity contribution < 1.29 is 9.59 Å². The van der Waals surface area contributed by atoms with Gasteiger partial charge in [0.25, 0.3) is 0 Å². The fourth-order valence-corrected chi connectivity index (χ4v) is 1.78. The molecular formula is C17H18N6O2. The van der Waals surface area contributed by atoms with E-state index < -0.39 is 0 Å². The molecule has 0 aliphatic carbocycles. The third-order valence-electron chi connectivity index (χ3n) is 3.03. The van der Waals surface area contributed by atoms with E-state index in [1.807, 2.05) is 0 Å². The Kier molecular flexibility index (Phi) is 7.44. The minimum atomic E-state index is -0.251. The highest BCUT2D eigenvalue weighted by Crippen LogP contribution is 1.96. The number of nitrogens with zero attached hydrogens (tertiary/aromatic N) is 4. The molecule has 0 aliphatic heterocycles. The predicted octanol–water partition coefficient (Wildman–Crippen LogP) is 1.25. The summed E-state index contributed by atoms with van der Waals surface area (Å²) in [5, 5.41) is 7.68. The Morgan fingerprint density at radius 3 is 1.60 bits per heavy atom. The van der Waals surface area contributed by atoms with Crippen LogP contribution in [0.5, 0.6) is 0 Å². The van der Waals surface area contributed by atoms with E-state index >= 15 is 0 Å². The molecule has 0 unspecified atom stereocenters. The number of carbonyl (C=O) groups is 2. The second kappa shape index (κ2) is 10.4. The summed E-state index contributed by atoms with van der Waals surface area (Å²) >= 11 is 0. The van der Waals surface area contributed by atoms with Crippen LogP contribution in [0.2, 0.25) is 0 Å². The van der Waals surface area contributed by atoms with Crippen LogP contribution in [0.3, 0.4) is 0 Å². The predicted molar refractivity (Wildman–Crippen MR) is 93.8 cm³/mol. The monoisotopic (exact) mass is 338 g/mol. The minimum absolute atomic E-state index is 0.204. The summed E-state index contributed by atoms with van der Waals surface area (Å²) in [6.45, 7) is 0. The SMILES string of the molecule is O=C(CCCC(=O)N/N=C/c1ccncc1)N/N=C/c1ccncc1. The van der Waals surface area contributed by atoms with Crippen molar-refractivity contribution >= 4 is 24.2 Å². The van der Waals surface area contributed by atoms with Crippen molar-refractivity contribution in [1.82, 2.24) is 20.8 Å². The van der Waals surface area contributed by atoms with Crippen molar-refractivity contribution in [2.45, 2.75) is 19.3 Å². The average Bonchev–Trinajstić information content (AvgIpc) is 2.63. The van der Waals surface area contributed by atoms with Crippen molar-refractivity contribution in [3.8, 4) is 0 Å². The van der Waals surface area contributed by atoms with E-state index in [-0.39, 0.29) is 24.7 Å². The van der Waals surface area contributed by atoms with Crippen molar-refractivity contribution in [3.05, 3.63) is 60.2 Å². The van der Waals surface area contributed by atoms with E-state index in [1.54, 1.807) is 49.1 Å². The topological polar surface area (TPSA) is 109 Å². The Hall–Kier alpha value is -3.42. The molecule has 0 atom stereocenters. The van der Waals surface area contributed by atoms with E-state index in [4.69, 9.17) is 0 Å². The molecule has 0 fully saturated rings. The van der Waals surface area contributed by atoms with E-state index in [2.05, 4.69) is 31.0 Å². The molecular weight excluding hydrogens is 320 g/mol. The molecule has 2 rings (SSSR count). The Morgan fingerprint density at radius 2 is 1.20 bits per heavy atom. The van der Waals surface area contributed by atoms with Gasteiger partial charge in [-0.05, 0) is 41.8 Å². The van der Waals surface area contributed by atoms with E-state index in [0.29, 0.717) is 6.42 Å². The van der Waals surface area contributed by atoms with Crippen LogP contribution in [-0.2, 0) is 9.59 Å². The molecule has 2 N–H and O–H groups in total. The van der Waals surface area contributed by atoms with Crippen LogP contribution < -0.4 is 10.9 Å². The summed E-state index contributed by atoms with van der Waals surface area (Å²) < 4.78 is 0. The Bertz CT molecular complexity index is 668. The number of nitrogens with one attached hydrogen (secondary N) is 2. The van der Waals surface area contributed by atoms with Crippen LogP contribution in [0.25, 0.3) is 0 Å². The number of carbonyl (C=O) groups excluding carboxylic acids is 2. The summed E-state index contributed by atoms with van der Waals surface area (Å²) in [7, 11) is 0. The van der Waals surface area contributed by atoms with Crippen molar-refractivity contribution in [3.63, 3.8) is 0 Å². The third kappa shape index (κ3) is 7.60. The van der Waals surface area contributed by atoms with Gasteiger partial charge in [0.05, 0.1) is 12.4 Å². The lowest BCUT2D eigenvalue weighted by Gasteiger charge is -2.00. The number of amides is 2. The van der Waals surface area contributed by atoms with Gasteiger partial charge in [0.2, 0.25) is 11.8 Å². The zero-order valence-corrected chi connectivity index (χ0v) is 13.5. The summed E-state index contributed by atoms with van der Waals surface area (Å²) in [5.74, 6) is -0.503. The first-order chi connectivity index (χ1) is 12.2. The van der Waals surface area contributed by atoms with Gasteiger partial charge in [-0.3, -0.25) is 19.6 Å². The van der Waals surface area contributed by atoms with Crippen LogP contribution in [0.4, 0.5) is 0 Å². The number of hydrazone groups is 2. The number of aromatic nitrogens is 2. The summed E-state index contributed by atoms with van der Waals surface area (Å²) in [6.07, 6.45) is 10.4. The average molecular weight is 338 g/mol. The molecule has 2 aromatic heterocycles. The summed E-state index contributed by atoms with van der Waals surface area (Å²) in [4.78, 5) is 31.0. The minimum Gasteiger partial charge on any atom is -0.273 e. The second-order valence-corrected chi connectivity index (χ2v) is 5.00. The first kappa shape index (κ1) is 17.9. The quantitative estimate of drug-likeness (QED) is 0.557. The van der Waals surface area contributed by atoms with Crippen LogP contribution >= 0.6 is 0 Å². The molecule has 0 bridgehead atoms. The van der Waals surface area contributed by atoms with Crippen LogP contribution in [0, 0.1) is 0 Å². The van der Waals surface area contributed by atoms with Gasteiger partial charge in [-0.2, -0.15) is 10.2 Å². The lowest BCUT2D eigenvalue weighted by atomic mass is 10.2. The number of rotatable bonds is 8. The molecule has 2 amide bonds. The zero-order valence-electron chi connectivity index (χ0n) is 13.5. The van der Waals surface area contributed by atoms with Gasteiger partial charge >= 0.3 is 0 Å². The van der Waals surface area contributed by atoms with Crippen molar-refractivity contribution in [2.24, 2.45) is 10.2 Å². The summed E-state index contributed by atoms with van der Waals surface area (Å²) in [6, 6.07) is 7.08. The zero-order chi connectivity index (χ0) is 17.7. The molecule has 25 heavy (non-hydrogen) atoms. The molecule has 0 radical (unpaired) electrons. The molecule has 0 saturated carbocycles. The lowest BCUT2D eigenvalue weighted by Crippen LogP contribution is -2.20. The van der Waals surface area contributed by atoms with Crippen LogP contribution in [0.15, 0.2) is 59.3 Å². The Morgan fingerprint density at radius 1 is 0.800 bits per heavy atom. The fourth-order valence-electron chi connectivity index (χ4n) is 1.78. The largest absolute Gasteiger partial charge is 0.273 e. The molecule has 0 aromatic carbocycles. The van der Waals surface area contributed by atoms with Gasteiger partial charge in [-0.25, -0.2) is 10.9 Å². The molecule has 0 saturated heterocycles. The maximum Gasteiger partial charge on any atom is 0.240 e. The van der Waals surface area contributed by atoms with E-state index in [1.165, 1.54) is 12.4 Å². The van der Waals surface area contributed by atoms with Crippen molar-refractivity contribution in [1.29, 1.82) is 0 Å². The normalized spacial score (nSPS) is 10.9. The molecule has 0 aliphatic rings. The van der Waals surface area contributed by atoms with Gasteiger partial charge in [0, 0.05) is 37.6 Å². The van der Waals surface area contributed by atoms with Gasteiger partial charge in [-0.1, -0.05) is 0 Å². The standard InChI is InChI=1S/C17H18N6O2/c24-16(22-20-12-14-4-8-18-9-5-14)2-1-3-17(25)23-21-13-15-6-10-19-11-7-15/h4-13H,1-3H2,(H,22,24)(H,23,25)/b20-12+,21-13+. The maximum atomic E-state index is 11.6. The van der Waals surface area contributed by atoms with E-state index in [0.717, 1.165) is 11.1 Å². The van der Waals surface area contributed by atoms with Gasteiger partial charge in [-0.15, -0.1) is 0 Å². The van der Waals surface area contributed by atoms with Gasteiger partial charge < -0.3 is 0 Å². The highest BCUT2D eigenvalue weighted by atomic mass is 16.2. The third-order valence-corrected chi connectivity index (χ3v) is 3.03. The second-order valence-electron chi connectivity index (χ2n) is 5.00. The molecule has 2 heterocycles. The van der Waals surface area contributed by atoms with Gasteiger partial charge in [0.15, 0.2) is 0 Å². The number of hydrogen-bond acceptors (Lipinski definition) is 6. The fraction of sp³-hybridized carbons (Fsp3) is 0.176. The lowest BCUT2D eigenvalue weighted by molar-refractivity contribution is -0.122. The summed E-state index contributed by atoms with van der Waals surface area (Å²) in [5.41, 5.74) is 6.49. The van der Waals surface area contributed by atoms with Crippen LogP contribution in [-0.4, -0.2) is 34.2 Å². The molecule has 0 spiro atoms. The van der Waals surface area contributed by atoms with Gasteiger partial charge in [0.1, 0.15) is 0 Å². The molecule has 8 nitrogen and oxygen atoms in total. The highest BCUT2D eigenvalue weighted by Gasteiger charge is 2.03. The van der Waals surface area contributed by atoms with Crippen LogP contribution in [0.1, 0.15) is 30.4 Å². The maximum absolute atomic E-state index is 11.6. The van der Waals surface area contributed by atoms with Crippen molar-refractivity contribution in [2.75, 3.05) is 0 Å².